The predicted octanol–water partition coefficient (Wildman–Crippen LogP) is 3.51. The average molecular weight is 364 g/mol. The van der Waals surface area contributed by atoms with E-state index in [1.165, 1.54) is 17.7 Å². The van der Waals surface area contributed by atoms with Crippen LogP contribution in [-0.4, -0.2) is 22.4 Å². The normalized spacial score (nSPS) is 10.4. The fourth-order valence-electron chi connectivity index (χ4n) is 2.52. The lowest BCUT2D eigenvalue weighted by Gasteiger charge is -2.08. The van der Waals surface area contributed by atoms with Gasteiger partial charge in [0.15, 0.2) is 0 Å². The van der Waals surface area contributed by atoms with Crippen LogP contribution in [0.3, 0.4) is 0 Å². The third-order valence-corrected chi connectivity index (χ3v) is 4.07. The van der Waals surface area contributed by atoms with E-state index in [2.05, 4.69) is 20.6 Å². The van der Waals surface area contributed by atoms with Crippen molar-refractivity contribution >= 4 is 11.9 Å². The third-order valence-electron chi connectivity index (χ3n) is 4.07. The Labute approximate surface area is 157 Å². The van der Waals surface area contributed by atoms with Gasteiger partial charge in [0.05, 0.1) is 0 Å². The second kappa shape index (κ2) is 8.89. The lowest BCUT2D eigenvalue weighted by atomic mass is 10.1. The minimum absolute atomic E-state index is 0.250. The molecule has 0 aliphatic rings. The highest BCUT2D eigenvalue weighted by molar-refractivity contribution is 5.92. The van der Waals surface area contributed by atoms with E-state index in [0.29, 0.717) is 31.2 Å². The Morgan fingerprint density at radius 1 is 1.00 bits per heavy atom. The molecule has 2 N–H and O–H groups in total. The molecule has 1 amide bonds. The molecule has 138 valence electrons. The van der Waals surface area contributed by atoms with Crippen LogP contribution >= 0.6 is 0 Å². The highest BCUT2D eigenvalue weighted by Crippen LogP contribution is 2.06. The topological polar surface area (TPSA) is 66.9 Å². The molecule has 1 aromatic heterocycles. The van der Waals surface area contributed by atoms with Crippen LogP contribution in [0.25, 0.3) is 0 Å². The summed E-state index contributed by atoms with van der Waals surface area (Å²) < 4.78 is 12.9. The maximum absolute atomic E-state index is 12.9. The van der Waals surface area contributed by atoms with Gasteiger partial charge in [-0.15, -0.1) is 0 Å². The number of aryl methyl sites for hydroxylation is 1. The maximum atomic E-state index is 12.9. The summed E-state index contributed by atoms with van der Waals surface area (Å²) in [5.41, 5.74) is 3.52. The molecule has 0 aliphatic carbocycles. The van der Waals surface area contributed by atoms with Crippen molar-refractivity contribution in [1.82, 2.24) is 15.3 Å². The number of carbonyl (C=O) groups excluding carboxylic acids is 1. The number of nitrogens with one attached hydrogen (secondary N) is 2. The van der Waals surface area contributed by atoms with Gasteiger partial charge in [-0.1, -0.05) is 42.0 Å². The van der Waals surface area contributed by atoms with Crippen LogP contribution in [0.2, 0.25) is 0 Å². The van der Waals surface area contributed by atoms with Crippen LogP contribution in [0, 0.1) is 12.7 Å². The molecule has 3 rings (SSSR count). The van der Waals surface area contributed by atoms with Gasteiger partial charge in [-0.25, -0.2) is 14.4 Å². The lowest BCUT2D eigenvalue weighted by Crippen LogP contribution is -2.24. The number of hydrogen-bond donors (Lipinski definition) is 2. The number of aromatic nitrogens is 2. The van der Waals surface area contributed by atoms with Crippen molar-refractivity contribution in [3.63, 3.8) is 0 Å². The fraction of sp³-hybridized carbons (Fsp3) is 0.190. The predicted molar refractivity (Wildman–Crippen MR) is 103 cm³/mol. The largest absolute Gasteiger partial charge is 0.354 e. The number of nitrogens with zero attached hydrogens (tertiary/aromatic N) is 2. The first kappa shape index (κ1) is 18.5. The minimum atomic E-state index is -0.251. The Bertz CT molecular complexity index is 895. The first-order chi connectivity index (χ1) is 13.1. The molecular weight excluding hydrogens is 343 g/mol. The number of benzene rings is 2. The van der Waals surface area contributed by atoms with E-state index >= 15 is 0 Å². The maximum Gasteiger partial charge on any atom is 0.270 e. The Kier molecular flexibility index (Phi) is 6.10. The van der Waals surface area contributed by atoms with Gasteiger partial charge in [-0.05, 0) is 42.7 Å². The molecule has 0 unspecified atom stereocenters. The van der Waals surface area contributed by atoms with E-state index in [9.17, 15) is 9.18 Å². The van der Waals surface area contributed by atoms with Crippen LogP contribution in [0.4, 0.5) is 10.3 Å². The molecule has 0 atom stereocenters. The standard InChI is InChI=1S/C21H21FN4O/c1-15-2-4-17(5-3-15)14-25-20(27)19-11-13-24-21(26-19)23-12-10-16-6-8-18(22)9-7-16/h2-9,11,13H,10,12,14H2,1H3,(H,25,27)(H,23,24,26). The van der Waals surface area contributed by atoms with Crippen molar-refractivity contribution < 1.29 is 9.18 Å². The number of rotatable bonds is 7. The van der Waals surface area contributed by atoms with Gasteiger partial charge in [0.2, 0.25) is 5.95 Å². The van der Waals surface area contributed by atoms with E-state index in [4.69, 9.17) is 0 Å². The van der Waals surface area contributed by atoms with Crippen LogP contribution in [0.15, 0.2) is 60.8 Å². The molecule has 0 fully saturated rings. The third kappa shape index (κ3) is 5.60. The van der Waals surface area contributed by atoms with Gasteiger partial charge in [0.1, 0.15) is 11.5 Å². The molecule has 2 aromatic carbocycles. The highest BCUT2D eigenvalue weighted by atomic mass is 19.1. The molecule has 0 saturated carbocycles. The van der Waals surface area contributed by atoms with Crippen molar-refractivity contribution in [2.24, 2.45) is 0 Å². The Morgan fingerprint density at radius 2 is 1.70 bits per heavy atom. The molecule has 5 nitrogen and oxygen atoms in total. The van der Waals surface area contributed by atoms with Gasteiger partial charge >= 0.3 is 0 Å². The Balaban J connectivity index is 1.52. The number of hydrogen-bond acceptors (Lipinski definition) is 4. The number of halogens is 1. The molecule has 0 spiro atoms. The van der Waals surface area contributed by atoms with Gasteiger partial charge < -0.3 is 10.6 Å². The molecule has 3 aromatic rings. The molecule has 0 aliphatic heterocycles. The van der Waals surface area contributed by atoms with Gasteiger partial charge in [-0.3, -0.25) is 4.79 Å². The van der Waals surface area contributed by atoms with E-state index in [1.54, 1.807) is 24.4 Å². The number of amides is 1. The molecule has 1 heterocycles. The smallest absolute Gasteiger partial charge is 0.270 e. The lowest BCUT2D eigenvalue weighted by molar-refractivity contribution is 0.0946. The fourth-order valence-corrected chi connectivity index (χ4v) is 2.52. The summed E-state index contributed by atoms with van der Waals surface area (Å²) in [7, 11) is 0. The monoisotopic (exact) mass is 364 g/mol. The van der Waals surface area contributed by atoms with Crippen molar-refractivity contribution in [2.75, 3.05) is 11.9 Å². The van der Waals surface area contributed by atoms with Gasteiger partial charge in [0.25, 0.3) is 5.91 Å². The zero-order valence-electron chi connectivity index (χ0n) is 15.1. The average Bonchev–Trinajstić information content (AvgIpc) is 2.69. The van der Waals surface area contributed by atoms with Crippen LogP contribution < -0.4 is 10.6 Å². The highest BCUT2D eigenvalue weighted by Gasteiger charge is 2.08. The van der Waals surface area contributed by atoms with Crippen molar-refractivity contribution in [3.8, 4) is 0 Å². The van der Waals surface area contributed by atoms with E-state index in [1.807, 2.05) is 31.2 Å². The zero-order chi connectivity index (χ0) is 19.1. The number of anilines is 1. The summed E-state index contributed by atoms with van der Waals surface area (Å²) in [5, 5.41) is 5.94. The summed E-state index contributed by atoms with van der Waals surface area (Å²) in [6, 6.07) is 15.9. The molecule has 0 bridgehead atoms. The van der Waals surface area contributed by atoms with Crippen LogP contribution in [0.1, 0.15) is 27.2 Å². The Hall–Kier alpha value is -3.28. The summed E-state index contributed by atoms with van der Waals surface area (Å²) in [4.78, 5) is 20.7. The van der Waals surface area contributed by atoms with Crippen LogP contribution in [0.5, 0.6) is 0 Å². The van der Waals surface area contributed by atoms with Crippen molar-refractivity contribution in [1.29, 1.82) is 0 Å². The molecule has 0 saturated heterocycles. The second-order valence-electron chi connectivity index (χ2n) is 6.24. The SMILES string of the molecule is Cc1ccc(CNC(=O)c2ccnc(NCCc3ccc(F)cc3)n2)cc1. The van der Waals surface area contributed by atoms with E-state index in [0.717, 1.165) is 11.1 Å². The molecule has 0 radical (unpaired) electrons. The molecular formula is C21H21FN4O. The molecule has 6 heteroatoms. The summed E-state index contributed by atoms with van der Waals surface area (Å²) in [6.07, 6.45) is 2.25. The number of carbonyl (C=O) groups is 1. The van der Waals surface area contributed by atoms with Gasteiger partial charge in [-0.2, -0.15) is 0 Å². The first-order valence-electron chi connectivity index (χ1n) is 8.75. The first-order valence-corrected chi connectivity index (χ1v) is 8.75. The molecule has 27 heavy (non-hydrogen) atoms. The van der Waals surface area contributed by atoms with E-state index < -0.39 is 0 Å². The van der Waals surface area contributed by atoms with Crippen LogP contribution in [-0.2, 0) is 13.0 Å². The van der Waals surface area contributed by atoms with Crippen molar-refractivity contribution in [3.05, 3.63) is 89.0 Å². The minimum Gasteiger partial charge on any atom is -0.354 e. The zero-order valence-corrected chi connectivity index (χ0v) is 15.1. The summed E-state index contributed by atoms with van der Waals surface area (Å²) in [6.45, 7) is 3.05. The van der Waals surface area contributed by atoms with Gasteiger partial charge in [0, 0.05) is 19.3 Å². The summed E-state index contributed by atoms with van der Waals surface area (Å²) >= 11 is 0. The Morgan fingerprint density at radius 3 is 2.44 bits per heavy atom. The summed E-state index contributed by atoms with van der Waals surface area (Å²) in [5.74, 6) is -0.112. The second-order valence-corrected chi connectivity index (χ2v) is 6.24. The van der Waals surface area contributed by atoms with E-state index in [-0.39, 0.29) is 11.7 Å². The van der Waals surface area contributed by atoms with Crippen molar-refractivity contribution in [2.45, 2.75) is 19.9 Å². The quantitative estimate of drug-likeness (QED) is 0.673.